The van der Waals surface area contributed by atoms with Crippen molar-refractivity contribution >= 4 is 5.91 Å². The maximum atomic E-state index is 13.1. The molecular formula is C19H27FN2O. The van der Waals surface area contributed by atoms with Crippen LogP contribution in [0.4, 0.5) is 4.39 Å². The fourth-order valence-corrected chi connectivity index (χ4v) is 3.50. The van der Waals surface area contributed by atoms with Gasteiger partial charge in [0.15, 0.2) is 0 Å². The molecule has 4 heteroatoms. The molecule has 2 fully saturated rings. The number of nitrogens with zero attached hydrogens (tertiary/aromatic N) is 1. The Morgan fingerprint density at radius 1 is 1.13 bits per heavy atom. The van der Waals surface area contributed by atoms with Crippen molar-refractivity contribution in [2.75, 3.05) is 13.1 Å². The van der Waals surface area contributed by atoms with E-state index in [9.17, 15) is 9.18 Å². The topological polar surface area (TPSA) is 32.3 Å². The average molecular weight is 318 g/mol. The molecule has 0 radical (unpaired) electrons. The highest BCUT2D eigenvalue weighted by Gasteiger charge is 2.35. The summed E-state index contributed by atoms with van der Waals surface area (Å²) in [5, 5.41) is 3.23. The highest BCUT2D eigenvalue weighted by molar-refractivity contribution is 5.81. The number of hydrogen-bond acceptors (Lipinski definition) is 2. The van der Waals surface area contributed by atoms with Crippen LogP contribution >= 0.6 is 0 Å². The van der Waals surface area contributed by atoms with Crippen LogP contribution in [0.3, 0.4) is 0 Å². The smallest absolute Gasteiger partial charge is 0.237 e. The molecule has 3 nitrogen and oxygen atoms in total. The summed E-state index contributed by atoms with van der Waals surface area (Å²) in [4.78, 5) is 15.0. The number of halogens is 1. The van der Waals surface area contributed by atoms with Gasteiger partial charge in [0, 0.05) is 0 Å². The Balaban J connectivity index is 1.64. The summed E-state index contributed by atoms with van der Waals surface area (Å²) in [6.07, 6.45) is 7.18. The van der Waals surface area contributed by atoms with Crippen molar-refractivity contribution in [3.8, 4) is 0 Å². The fraction of sp³-hybridized carbons (Fsp3) is 0.632. The molecule has 1 N–H and O–H groups in total. The molecule has 1 saturated heterocycles. The predicted octanol–water partition coefficient (Wildman–Crippen LogP) is 3.66. The van der Waals surface area contributed by atoms with Crippen molar-refractivity contribution < 1.29 is 9.18 Å². The molecule has 0 aromatic heterocycles. The number of amides is 1. The molecule has 126 valence electrons. The van der Waals surface area contributed by atoms with E-state index in [1.165, 1.54) is 37.8 Å². The van der Waals surface area contributed by atoms with Crippen molar-refractivity contribution in [1.29, 1.82) is 0 Å². The Bertz CT molecular complexity index is 519. The quantitative estimate of drug-likeness (QED) is 0.898. The third-order valence-corrected chi connectivity index (χ3v) is 5.19. The minimum absolute atomic E-state index is 0.0255. The first kappa shape index (κ1) is 16.4. The van der Waals surface area contributed by atoms with Crippen molar-refractivity contribution in [2.24, 2.45) is 5.92 Å². The van der Waals surface area contributed by atoms with Gasteiger partial charge in [-0.25, -0.2) is 4.39 Å². The molecule has 1 aromatic rings. The third-order valence-electron chi connectivity index (χ3n) is 5.19. The van der Waals surface area contributed by atoms with E-state index in [1.54, 1.807) is 12.1 Å². The van der Waals surface area contributed by atoms with Crippen LogP contribution in [0.25, 0.3) is 0 Å². The molecule has 0 spiro atoms. The van der Waals surface area contributed by atoms with E-state index >= 15 is 0 Å². The maximum absolute atomic E-state index is 13.1. The summed E-state index contributed by atoms with van der Waals surface area (Å²) in [5.41, 5.74) is 1.02. The summed E-state index contributed by atoms with van der Waals surface area (Å²) in [6, 6.07) is 6.50. The third kappa shape index (κ3) is 4.31. The monoisotopic (exact) mass is 318 g/mol. The van der Waals surface area contributed by atoms with Crippen LogP contribution in [0.1, 0.15) is 57.1 Å². The van der Waals surface area contributed by atoms with Gasteiger partial charge in [0.1, 0.15) is 5.82 Å². The second-order valence-electron chi connectivity index (χ2n) is 7.00. The molecule has 1 amide bonds. The molecule has 23 heavy (non-hydrogen) atoms. The summed E-state index contributed by atoms with van der Waals surface area (Å²) in [6.45, 7) is 4.04. The van der Waals surface area contributed by atoms with E-state index in [2.05, 4.69) is 10.2 Å². The lowest BCUT2D eigenvalue weighted by molar-refractivity contribution is -0.126. The van der Waals surface area contributed by atoms with Crippen molar-refractivity contribution in [3.63, 3.8) is 0 Å². The summed E-state index contributed by atoms with van der Waals surface area (Å²) >= 11 is 0. The van der Waals surface area contributed by atoms with Crippen molar-refractivity contribution in [1.82, 2.24) is 10.2 Å². The van der Waals surface area contributed by atoms with Crippen LogP contribution in [-0.2, 0) is 4.79 Å². The molecule has 2 atom stereocenters. The van der Waals surface area contributed by atoms with Gasteiger partial charge in [-0.1, -0.05) is 25.0 Å². The molecule has 1 aromatic carbocycles. The highest BCUT2D eigenvalue weighted by Crippen LogP contribution is 2.41. The standard InChI is InChI=1S/C19H27FN2O/c1-14(22-12-4-2-3-5-13-22)19(23)21-18(15-6-7-15)16-8-10-17(20)11-9-16/h8-11,14-15,18H,2-7,12-13H2,1H3,(H,21,23). The molecule has 0 bridgehead atoms. The summed E-state index contributed by atoms with van der Waals surface area (Å²) in [7, 11) is 0. The largest absolute Gasteiger partial charge is 0.348 e. The summed E-state index contributed by atoms with van der Waals surface area (Å²) < 4.78 is 13.1. The number of benzene rings is 1. The van der Waals surface area contributed by atoms with Gasteiger partial charge in [-0.3, -0.25) is 9.69 Å². The van der Waals surface area contributed by atoms with Gasteiger partial charge in [-0.2, -0.15) is 0 Å². The lowest BCUT2D eigenvalue weighted by Gasteiger charge is -2.29. The number of likely N-dealkylation sites (tertiary alicyclic amines) is 1. The number of carbonyl (C=O) groups is 1. The molecule has 2 aliphatic rings. The van der Waals surface area contributed by atoms with E-state index in [0.717, 1.165) is 31.5 Å². The zero-order valence-corrected chi connectivity index (χ0v) is 13.9. The highest BCUT2D eigenvalue weighted by atomic mass is 19.1. The van der Waals surface area contributed by atoms with Gasteiger partial charge in [0.25, 0.3) is 0 Å². The molecular weight excluding hydrogens is 291 g/mol. The van der Waals surface area contributed by atoms with E-state index in [4.69, 9.17) is 0 Å². The van der Waals surface area contributed by atoms with Crippen LogP contribution in [-0.4, -0.2) is 29.9 Å². The fourth-order valence-electron chi connectivity index (χ4n) is 3.50. The van der Waals surface area contributed by atoms with Crippen LogP contribution in [0.5, 0.6) is 0 Å². The van der Waals surface area contributed by atoms with Crippen LogP contribution in [0.15, 0.2) is 24.3 Å². The molecule has 1 saturated carbocycles. The number of hydrogen-bond donors (Lipinski definition) is 1. The van der Waals surface area contributed by atoms with E-state index < -0.39 is 0 Å². The van der Waals surface area contributed by atoms with E-state index in [1.807, 2.05) is 6.92 Å². The van der Waals surface area contributed by atoms with Crippen LogP contribution in [0, 0.1) is 11.7 Å². The normalized spacial score (nSPS) is 22.2. The van der Waals surface area contributed by atoms with Gasteiger partial charge in [-0.15, -0.1) is 0 Å². The van der Waals surface area contributed by atoms with E-state index in [0.29, 0.717) is 5.92 Å². The SMILES string of the molecule is CC(C(=O)NC(c1ccc(F)cc1)C1CC1)N1CCCCCC1. The van der Waals surface area contributed by atoms with Gasteiger partial charge in [0.2, 0.25) is 5.91 Å². The van der Waals surface area contributed by atoms with Crippen molar-refractivity contribution in [2.45, 2.75) is 57.5 Å². The minimum atomic E-state index is -0.229. The predicted molar refractivity (Wildman–Crippen MR) is 89.5 cm³/mol. The zero-order chi connectivity index (χ0) is 16.2. The van der Waals surface area contributed by atoms with Gasteiger partial charge < -0.3 is 5.32 Å². The van der Waals surface area contributed by atoms with Gasteiger partial charge in [0.05, 0.1) is 12.1 Å². The first-order valence-electron chi connectivity index (χ1n) is 8.95. The minimum Gasteiger partial charge on any atom is -0.348 e. The number of rotatable bonds is 5. The second-order valence-corrected chi connectivity index (χ2v) is 7.00. The summed E-state index contributed by atoms with van der Waals surface area (Å²) in [5.74, 6) is 0.376. The average Bonchev–Trinajstić information content (AvgIpc) is 3.39. The molecule has 2 unspecified atom stereocenters. The second kappa shape index (κ2) is 7.43. The Morgan fingerprint density at radius 2 is 1.74 bits per heavy atom. The first-order chi connectivity index (χ1) is 11.1. The Labute approximate surface area is 138 Å². The Hall–Kier alpha value is -1.42. The Morgan fingerprint density at radius 3 is 2.30 bits per heavy atom. The van der Waals surface area contributed by atoms with Crippen LogP contribution in [0.2, 0.25) is 0 Å². The van der Waals surface area contributed by atoms with Gasteiger partial charge >= 0.3 is 0 Å². The molecule has 1 aliphatic heterocycles. The molecule has 1 heterocycles. The Kier molecular flexibility index (Phi) is 5.31. The lowest BCUT2D eigenvalue weighted by atomic mass is 10.0. The van der Waals surface area contributed by atoms with Crippen LogP contribution < -0.4 is 5.32 Å². The number of carbonyl (C=O) groups excluding carboxylic acids is 1. The first-order valence-corrected chi connectivity index (χ1v) is 8.95. The van der Waals surface area contributed by atoms with E-state index in [-0.39, 0.29) is 23.8 Å². The van der Waals surface area contributed by atoms with Crippen molar-refractivity contribution in [3.05, 3.63) is 35.6 Å². The lowest BCUT2D eigenvalue weighted by Crippen LogP contribution is -2.46. The maximum Gasteiger partial charge on any atom is 0.237 e. The van der Waals surface area contributed by atoms with Gasteiger partial charge in [-0.05, 0) is 69.3 Å². The zero-order valence-electron chi connectivity index (χ0n) is 13.9. The molecule has 3 rings (SSSR count). The number of nitrogens with one attached hydrogen (secondary N) is 1. The molecule has 1 aliphatic carbocycles.